The molecule has 2 aliphatic heterocycles. The van der Waals surface area contributed by atoms with Crippen LogP contribution in [0, 0.1) is 5.92 Å². The van der Waals surface area contributed by atoms with Crippen LogP contribution in [0.15, 0.2) is 53.5 Å². The van der Waals surface area contributed by atoms with E-state index in [0.29, 0.717) is 6.54 Å². The van der Waals surface area contributed by atoms with Gasteiger partial charge in [0, 0.05) is 37.6 Å². The molecule has 2 heterocycles. The van der Waals surface area contributed by atoms with Crippen LogP contribution >= 0.6 is 11.8 Å². The van der Waals surface area contributed by atoms with Crippen LogP contribution in [-0.4, -0.2) is 72.8 Å². The molecule has 172 valence electrons. The Kier molecular flexibility index (Phi) is 7.92. The van der Waals surface area contributed by atoms with Crippen molar-refractivity contribution in [2.24, 2.45) is 5.92 Å². The largest absolute Gasteiger partial charge is 0.368 e. The molecule has 6 nitrogen and oxygen atoms in total. The third-order valence-corrected chi connectivity index (χ3v) is 7.64. The van der Waals surface area contributed by atoms with Gasteiger partial charge in [-0.2, -0.15) is 0 Å². The summed E-state index contributed by atoms with van der Waals surface area (Å²) in [6.45, 7) is 7.92. The molecule has 2 atom stereocenters. The van der Waals surface area contributed by atoms with E-state index in [0.717, 1.165) is 51.3 Å². The van der Waals surface area contributed by atoms with Gasteiger partial charge in [-0.3, -0.25) is 14.6 Å². The van der Waals surface area contributed by atoms with Crippen LogP contribution in [0.4, 0.5) is 10.5 Å². The molecule has 0 spiro atoms. The zero-order valence-electron chi connectivity index (χ0n) is 18.9. The van der Waals surface area contributed by atoms with Gasteiger partial charge in [0.1, 0.15) is 0 Å². The molecular weight excluding hydrogens is 420 g/mol. The number of carbonyl (C=O) groups excluding carboxylic acids is 2. The van der Waals surface area contributed by atoms with Crippen LogP contribution in [0.3, 0.4) is 0 Å². The molecule has 7 heteroatoms. The van der Waals surface area contributed by atoms with Crippen LogP contribution in [0.2, 0.25) is 0 Å². The topological polar surface area (TPSA) is 55.9 Å². The van der Waals surface area contributed by atoms with Gasteiger partial charge in [-0.1, -0.05) is 43.4 Å². The summed E-state index contributed by atoms with van der Waals surface area (Å²) >= 11 is 1.95. The standard InChI is InChI=1S/C25H34N4O2S/c1-2-19-32-23-12-6-5-11-22(23)28-17-15-27(16-18-28)13-7-8-14-29-24(30)20-9-3-4-10-21(20)26-25(29)31/h3-6,9-12,20-21H,2,7-8,13-19H2,1H3,(H,26,31). The number of amides is 3. The summed E-state index contributed by atoms with van der Waals surface area (Å²) in [4.78, 5) is 32.8. The number of hydrogen-bond donors (Lipinski definition) is 1. The minimum absolute atomic E-state index is 0.0763. The number of fused-ring (bicyclic) bond motifs is 1. The van der Waals surface area contributed by atoms with Crippen LogP contribution in [-0.2, 0) is 4.79 Å². The number of hydrogen-bond acceptors (Lipinski definition) is 5. The minimum Gasteiger partial charge on any atom is -0.368 e. The van der Waals surface area contributed by atoms with E-state index in [1.165, 1.54) is 21.9 Å². The number of nitrogens with one attached hydrogen (secondary N) is 1. The van der Waals surface area contributed by atoms with Gasteiger partial charge < -0.3 is 10.2 Å². The molecule has 0 aromatic heterocycles. The maximum absolute atomic E-state index is 12.7. The summed E-state index contributed by atoms with van der Waals surface area (Å²) in [6, 6.07) is 8.30. The van der Waals surface area contributed by atoms with Gasteiger partial charge >= 0.3 is 6.03 Å². The molecule has 3 amide bonds. The van der Waals surface area contributed by atoms with E-state index in [-0.39, 0.29) is 23.9 Å². The van der Waals surface area contributed by atoms with Crippen molar-refractivity contribution in [3.63, 3.8) is 0 Å². The number of carbonyl (C=O) groups is 2. The summed E-state index contributed by atoms with van der Waals surface area (Å²) in [7, 11) is 0. The fourth-order valence-corrected chi connectivity index (χ4v) is 5.51. The van der Waals surface area contributed by atoms with Gasteiger partial charge in [-0.15, -0.1) is 11.8 Å². The lowest BCUT2D eigenvalue weighted by atomic mass is 9.92. The summed E-state index contributed by atoms with van der Waals surface area (Å²) in [5, 5.41) is 2.94. The first-order valence-electron chi connectivity index (χ1n) is 11.8. The average Bonchev–Trinajstić information content (AvgIpc) is 2.83. The Morgan fingerprint density at radius 1 is 1.00 bits per heavy atom. The van der Waals surface area contributed by atoms with Gasteiger partial charge in [0.2, 0.25) is 5.91 Å². The quantitative estimate of drug-likeness (QED) is 0.455. The summed E-state index contributed by atoms with van der Waals surface area (Å²) in [5.74, 6) is 0.819. The highest BCUT2D eigenvalue weighted by Gasteiger charge is 2.38. The number of unbranched alkanes of at least 4 members (excludes halogenated alkanes) is 1. The first kappa shape index (κ1) is 22.9. The van der Waals surface area contributed by atoms with E-state index in [9.17, 15) is 9.59 Å². The maximum atomic E-state index is 12.7. The number of piperazine rings is 1. The molecule has 0 bridgehead atoms. The summed E-state index contributed by atoms with van der Waals surface area (Å²) in [6.07, 6.45) is 10.6. The number of anilines is 1. The molecule has 1 N–H and O–H groups in total. The van der Waals surface area contributed by atoms with Crippen molar-refractivity contribution in [2.75, 3.05) is 49.9 Å². The average molecular weight is 455 g/mol. The molecule has 1 aliphatic carbocycles. The van der Waals surface area contributed by atoms with Crippen molar-refractivity contribution in [3.8, 4) is 0 Å². The van der Waals surface area contributed by atoms with Crippen molar-refractivity contribution in [1.82, 2.24) is 15.1 Å². The highest BCUT2D eigenvalue weighted by atomic mass is 32.2. The highest BCUT2D eigenvalue weighted by Crippen LogP contribution is 2.31. The van der Waals surface area contributed by atoms with E-state index in [2.05, 4.69) is 46.3 Å². The minimum atomic E-state index is -0.260. The molecular formula is C25H34N4O2S. The van der Waals surface area contributed by atoms with Gasteiger partial charge in [0.25, 0.3) is 0 Å². The second-order valence-electron chi connectivity index (χ2n) is 8.61. The van der Waals surface area contributed by atoms with Crippen LogP contribution < -0.4 is 10.2 Å². The predicted octanol–water partition coefficient (Wildman–Crippen LogP) is 3.75. The molecule has 32 heavy (non-hydrogen) atoms. The van der Waals surface area contributed by atoms with Crippen molar-refractivity contribution >= 4 is 29.4 Å². The zero-order valence-corrected chi connectivity index (χ0v) is 19.7. The van der Waals surface area contributed by atoms with E-state index >= 15 is 0 Å². The molecule has 4 rings (SSSR count). The second-order valence-corrected chi connectivity index (χ2v) is 9.75. The van der Waals surface area contributed by atoms with Crippen molar-refractivity contribution < 1.29 is 9.59 Å². The third-order valence-electron chi connectivity index (χ3n) is 6.37. The third kappa shape index (κ3) is 5.38. The number of benzene rings is 1. The lowest BCUT2D eigenvalue weighted by molar-refractivity contribution is -0.133. The second kappa shape index (κ2) is 11.1. The van der Waals surface area contributed by atoms with Gasteiger partial charge in [-0.05, 0) is 43.7 Å². The first-order valence-corrected chi connectivity index (χ1v) is 12.8. The Bertz CT molecular complexity index is 863. The van der Waals surface area contributed by atoms with Crippen LogP contribution in [0.5, 0.6) is 0 Å². The molecule has 1 aromatic rings. The van der Waals surface area contributed by atoms with E-state index in [1.54, 1.807) is 0 Å². The fraction of sp³-hybridized carbons (Fsp3) is 0.520. The Labute approximate surface area is 195 Å². The summed E-state index contributed by atoms with van der Waals surface area (Å²) in [5.41, 5.74) is 1.37. The van der Waals surface area contributed by atoms with Gasteiger partial charge in [-0.25, -0.2) is 4.79 Å². The number of allylic oxidation sites excluding steroid dienone is 2. The first-order chi connectivity index (χ1) is 15.7. The van der Waals surface area contributed by atoms with Crippen molar-refractivity contribution in [2.45, 2.75) is 37.1 Å². The zero-order chi connectivity index (χ0) is 22.3. The van der Waals surface area contributed by atoms with Crippen LogP contribution in [0.1, 0.15) is 26.2 Å². The molecule has 1 aromatic carbocycles. The predicted molar refractivity (Wildman–Crippen MR) is 131 cm³/mol. The molecule has 2 unspecified atom stereocenters. The molecule has 2 fully saturated rings. The highest BCUT2D eigenvalue weighted by molar-refractivity contribution is 7.99. The van der Waals surface area contributed by atoms with E-state index in [4.69, 9.17) is 0 Å². The Morgan fingerprint density at radius 2 is 1.75 bits per heavy atom. The number of rotatable bonds is 9. The van der Waals surface area contributed by atoms with Gasteiger partial charge in [0.15, 0.2) is 0 Å². The fourth-order valence-electron chi connectivity index (χ4n) is 4.56. The Hall–Kier alpha value is -2.25. The Morgan fingerprint density at radius 3 is 2.56 bits per heavy atom. The molecule has 2 saturated heterocycles. The number of thioether (sulfide) groups is 1. The van der Waals surface area contributed by atoms with Crippen molar-refractivity contribution in [1.29, 1.82) is 0 Å². The van der Waals surface area contributed by atoms with Crippen molar-refractivity contribution in [3.05, 3.63) is 48.6 Å². The molecule has 3 aliphatic rings. The maximum Gasteiger partial charge on any atom is 0.324 e. The smallest absolute Gasteiger partial charge is 0.324 e. The number of para-hydroxylation sites is 1. The van der Waals surface area contributed by atoms with E-state index in [1.807, 2.05) is 36.1 Å². The number of nitrogens with zero attached hydrogens (tertiary/aromatic N) is 3. The summed E-state index contributed by atoms with van der Waals surface area (Å²) < 4.78 is 0. The van der Waals surface area contributed by atoms with Gasteiger partial charge in [0.05, 0.1) is 17.6 Å². The lowest BCUT2D eigenvalue weighted by Crippen LogP contribution is -2.59. The molecule has 0 radical (unpaired) electrons. The van der Waals surface area contributed by atoms with E-state index < -0.39 is 0 Å². The number of urea groups is 1. The monoisotopic (exact) mass is 454 g/mol. The normalized spacial score (nSPS) is 23.4. The molecule has 0 saturated carbocycles. The number of imide groups is 1. The lowest BCUT2D eigenvalue weighted by Gasteiger charge is -2.37. The Balaban J connectivity index is 1.19. The SMILES string of the molecule is CCCSc1ccccc1N1CCN(CCCCN2C(=O)NC3C=CC=CC3C2=O)CC1. The van der Waals surface area contributed by atoms with Crippen LogP contribution in [0.25, 0.3) is 0 Å².